The molecule has 0 fully saturated rings. The zero-order chi connectivity index (χ0) is 19.9. The predicted molar refractivity (Wildman–Crippen MR) is 86.9 cm³/mol. The van der Waals surface area contributed by atoms with Crippen molar-refractivity contribution in [1.29, 1.82) is 5.26 Å². The van der Waals surface area contributed by atoms with Gasteiger partial charge in [0.25, 0.3) is 0 Å². The van der Waals surface area contributed by atoms with E-state index in [0.717, 1.165) is 12.1 Å². The zero-order valence-electron chi connectivity index (χ0n) is 12.3. The molecule has 0 saturated carbocycles. The Morgan fingerprint density at radius 3 is 1.73 bits per heavy atom. The maximum atomic E-state index is 14.6. The standard InChI is InChI=1S/C16H6Br2F7N/c17-10-5-11(14(19,15(20,21)22)16(23,24)25)13(12(18)6-10)9-3-1-8(7-26)2-4-9/h1-6H. The summed E-state index contributed by atoms with van der Waals surface area (Å²) in [6.07, 6.45) is -12.5. The molecule has 0 aliphatic rings. The lowest BCUT2D eigenvalue weighted by Crippen LogP contribution is -2.50. The van der Waals surface area contributed by atoms with Crippen LogP contribution in [0.1, 0.15) is 11.1 Å². The van der Waals surface area contributed by atoms with E-state index in [1.165, 1.54) is 18.2 Å². The van der Waals surface area contributed by atoms with E-state index in [2.05, 4.69) is 31.9 Å². The summed E-state index contributed by atoms with van der Waals surface area (Å²) in [5, 5.41) is 8.76. The number of halogens is 9. The molecule has 26 heavy (non-hydrogen) atoms. The first-order valence-corrected chi connectivity index (χ1v) is 8.24. The fourth-order valence-corrected chi connectivity index (χ4v) is 3.77. The van der Waals surface area contributed by atoms with Gasteiger partial charge in [0.15, 0.2) is 0 Å². The summed E-state index contributed by atoms with van der Waals surface area (Å²) in [6, 6.07) is 8.10. The van der Waals surface area contributed by atoms with E-state index in [0.29, 0.717) is 6.07 Å². The second kappa shape index (κ2) is 6.85. The fourth-order valence-electron chi connectivity index (χ4n) is 2.32. The van der Waals surface area contributed by atoms with E-state index in [9.17, 15) is 30.7 Å². The number of hydrogen-bond donors (Lipinski definition) is 0. The Balaban J connectivity index is 2.90. The Bertz CT molecular complexity index is 850. The van der Waals surface area contributed by atoms with Crippen LogP contribution in [-0.2, 0) is 5.67 Å². The maximum Gasteiger partial charge on any atom is 0.435 e. The molecule has 138 valence electrons. The third kappa shape index (κ3) is 3.47. The van der Waals surface area contributed by atoms with Crippen molar-refractivity contribution in [2.24, 2.45) is 0 Å². The average molecular weight is 505 g/mol. The quantitative estimate of drug-likeness (QED) is 0.402. The van der Waals surface area contributed by atoms with Gasteiger partial charge in [0.2, 0.25) is 0 Å². The van der Waals surface area contributed by atoms with Gasteiger partial charge in [-0.1, -0.05) is 44.0 Å². The molecule has 0 aromatic heterocycles. The van der Waals surface area contributed by atoms with Gasteiger partial charge in [-0.05, 0) is 29.8 Å². The van der Waals surface area contributed by atoms with Crippen molar-refractivity contribution in [1.82, 2.24) is 0 Å². The summed E-state index contributed by atoms with van der Waals surface area (Å²) in [6.45, 7) is 0. The van der Waals surface area contributed by atoms with Gasteiger partial charge in [-0.2, -0.15) is 31.6 Å². The van der Waals surface area contributed by atoms with Crippen LogP contribution in [0, 0.1) is 11.3 Å². The van der Waals surface area contributed by atoms with Crippen molar-refractivity contribution in [2.75, 3.05) is 0 Å². The Morgan fingerprint density at radius 2 is 1.31 bits per heavy atom. The van der Waals surface area contributed by atoms with E-state index < -0.39 is 29.1 Å². The van der Waals surface area contributed by atoms with Crippen molar-refractivity contribution >= 4 is 31.9 Å². The minimum absolute atomic E-state index is 0.117. The van der Waals surface area contributed by atoms with E-state index in [1.807, 2.05) is 0 Å². The molecule has 0 N–H and O–H groups in total. The monoisotopic (exact) mass is 503 g/mol. The highest BCUT2D eigenvalue weighted by Crippen LogP contribution is 2.56. The molecule has 2 aromatic rings. The van der Waals surface area contributed by atoms with E-state index in [1.54, 1.807) is 6.07 Å². The van der Waals surface area contributed by atoms with Crippen LogP contribution in [0.25, 0.3) is 11.1 Å². The van der Waals surface area contributed by atoms with E-state index >= 15 is 0 Å². The lowest BCUT2D eigenvalue weighted by molar-refractivity contribution is -0.348. The van der Waals surface area contributed by atoms with Crippen LogP contribution in [0.4, 0.5) is 30.7 Å². The van der Waals surface area contributed by atoms with Crippen LogP contribution in [0.3, 0.4) is 0 Å². The average Bonchev–Trinajstić information content (AvgIpc) is 2.51. The smallest absolute Gasteiger partial charge is 0.218 e. The van der Waals surface area contributed by atoms with Crippen LogP contribution in [0.5, 0.6) is 0 Å². The zero-order valence-corrected chi connectivity index (χ0v) is 15.5. The second-order valence-electron chi connectivity index (χ2n) is 5.15. The molecular weight excluding hydrogens is 499 g/mol. The summed E-state index contributed by atoms with van der Waals surface area (Å²) in [7, 11) is 0. The summed E-state index contributed by atoms with van der Waals surface area (Å²) in [5.41, 5.74) is -7.79. The second-order valence-corrected chi connectivity index (χ2v) is 6.92. The Labute approximate surface area is 159 Å². The first-order chi connectivity index (χ1) is 11.8. The van der Waals surface area contributed by atoms with Gasteiger partial charge in [-0.25, -0.2) is 4.39 Å². The van der Waals surface area contributed by atoms with Crippen molar-refractivity contribution in [2.45, 2.75) is 18.0 Å². The number of nitrogens with zero attached hydrogens (tertiary/aromatic N) is 1. The highest BCUT2D eigenvalue weighted by Gasteiger charge is 2.74. The summed E-state index contributed by atoms with van der Waals surface area (Å²) < 4.78 is 93.5. The lowest BCUT2D eigenvalue weighted by Gasteiger charge is -2.32. The molecule has 2 aromatic carbocycles. The van der Waals surface area contributed by atoms with Crippen LogP contribution >= 0.6 is 31.9 Å². The highest BCUT2D eigenvalue weighted by molar-refractivity contribution is 9.11. The Kier molecular flexibility index (Phi) is 5.46. The van der Waals surface area contributed by atoms with Crippen molar-refractivity contribution < 1.29 is 30.7 Å². The van der Waals surface area contributed by atoms with Crippen LogP contribution in [0.2, 0.25) is 0 Å². The van der Waals surface area contributed by atoms with E-state index in [4.69, 9.17) is 5.26 Å². The number of hydrogen-bond acceptors (Lipinski definition) is 1. The molecule has 0 bridgehead atoms. The largest absolute Gasteiger partial charge is 0.435 e. The van der Waals surface area contributed by atoms with Gasteiger partial charge in [-0.3, -0.25) is 0 Å². The number of nitriles is 1. The molecule has 0 radical (unpaired) electrons. The van der Waals surface area contributed by atoms with Crippen molar-refractivity contribution in [3.63, 3.8) is 0 Å². The van der Waals surface area contributed by atoms with Gasteiger partial charge >= 0.3 is 18.0 Å². The fraction of sp³-hybridized carbons (Fsp3) is 0.188. The molecule has 0 unspecified atom stereocenters. The van der Waals surface area contributed by atoms with Gasteiger partial charge in [0.1, 0.15) is 0 Å². The van der Waals surface area contributed by atoms with Crippen molar-refractivity contribution in [3.8, 4) is 17.2 Å². The summed E-state index contributed by atoms with van der Waals surface area (Å²) in [4.78, 5) is 0. The minimum Gasteiger partial charge on any atom is -0.218 e. The predicted octanol–water partition coefficient (Wildman–Crippen LogP) is 7.04. The van der Waals surface area contributed by atoms with Gasteiger partial charge in [-0.15, -0.1) is 0 Å². The van der Waals surface area contributed by atoms with Gasteiger partial charge in [0.05, 0.1) is 11.6 Å². The molecular formula is C16H6Br2F7N. The lowest BCUT2D eigenvalue weighted by atomic mass is 9.87. The van der Waals surface area contributed by atoms with Crippen LogP contribution in [-0.4, -0.2) is 12.4 Å². The molecule has 0 spiro atoms. The SMILES string of the molecule is N#Cc1ccc(-c2c(Br)cc(Br)cc2C(F)(C(F)(F)F)C(F)(F)F)cc1. The molecule has 0 aliphatic heterocycles. The van der Waals surface area contributed by atoms with Crippen LogP contribution in [0.15, 0.2) is 45.3 Å². The molecule has 0 heterocycles. The molecule has 0 amide bonds. The third-order valence-corrected chi connectivity index (χ3v) is 4.59. The molecule has 0 aliphatic carbocycles. The number of alkyl halides is 7. The van der Waals surface area contributed by atoms with Crippen LogP contribution < -0.4 is 0 Å². The molecule has 2 rings (SSSR count). The molecule has 0 saturated heterocycles. The number of benzene rings is 2. The first-order valence-electron chi connectivity index (χ1n) is 6.65. The van der Waals surface area contributed by atoms with E-state index in [-0.39, 0.29) is 20.1 Å². The Morgan fingerprint density at radius 1 is 0.808 bits per heavy atom. The maximum absolute atomic E-state index is 14.6. The normalized spacial score (nSPS) is 12.8. The van der Waals surface area contributed by atoms with Gasteiger partial charge < -0.3 is 0 Å². The summed E-state index contributed by atoms with van der Waals surface area (Å²) >= 11 is 5.69. The third-order valence-electron chi connectivity index (χ3n) is 3.51. The topological polar surface area (TPSA) is 23.8 Å². The number of rotatable bonds is 2. The Hall–Kier alpha value is -1.60. The molecule has 0 atom stereocenters. The highest BCUT2D eigenvalue weighted by atomic mass is 79.9. The minimum atomic E-state index is -6.24. The molecule has 10 heteroatoms. The first kappa shape index (κ1) is 20.7. The van der Waals surface area contributed by atoms with Gasteiger partial charge in [0, 0.05) is 20.1 Å². The summed E-state index contributed by atoms with van der Waals surface area (Å²) in [5.74, 6) is 0. The molecule has 1 nitrogen and oxygen atoms in total. The van der Waals surface area contributed by atoms with Crippen molar-refractivity contribution in [3.05, 3.63) is 56.5 Å².